The van der Waals surface area contributed by atoms with Crippen molar-refractivity contribution in [1.82, 2.24) is 19.9 Å². The molecule has 1 atom stereocenters. The Hall–Kier alpha value is -1.96. The Morgan fingerprint density at radius 2 is 1.92 bits per heavy atom. The third-order valence-corrected chi connectivity index (χ3v) is 4.93. The molecule has 0 N–H and O–H groups in total. The summed E-state index contributed by atoms with van der Waals surface area (Å²) in [7, 11) is 0. The molecule has 1 aromatic heterocycles. The fraction of sp³-hybridized carbons (Fsp3) is 0.778. The Labute approximate surface area is 153 Å². The van der Waals surface area contributed by atoms with Crippen molar-refractivity contribution in [3.05, 3.63) is 11.7 Å². The SMILES string of the molecule is CC(C)c1noc(CCCC(=O)N2CCN(C(=O)C3CCCO3)CC2)n1. The summed E-state index contributed by atoms with van der Waals surface area (Å²) in [6, 6.07) is 0. The molecule has 2 aliphatic heterocycles. The van der Waals surface area contributed by atoms with Crippen LogP contribution in [0.5, 0.6) is 0 Å². The van der Waals surface area contributed by atoms with Gasteiger partial charge in [0.1, 0.15) is 6.10 Å². The Kier molecular flexibility index (Phi) is 6.24. The van der Waals surface area contributed by atoms with Crippen molar-refractivity contribution in [3.8, 4) is 0 Å². The Morgan fingerprint density at radius 1 is 1.19 bits per heavy atom. The van der Waals surface area contributed by atoms with Crippen LogP contribution in [0.3, 0.4) is 0 Å². The largest absolute Gasteiger partial charge is 0.368 e. The van der Waals surface area contributed by atoms with Gasteiger partial charge < -0.3 is 19.1 Å². The number of ether oxygens (including phenoxy) is 1. The lowest BCUT2D eigenvalue weighted by Crippen LogP contribution is -2.52. The first-order chi connectivity index (χ1) is 12.5. The average molecular weight is 364 g/mol. The first-order valence-electron chi connectivity index (χ1n) is 9.55. The molecule has 2 saturated heterocycles. The zero-order chi connectivity index (χ0) is 18.5. The van der Waals surface area contributed by atoms with Crippen molar-refractivity contribution in [2.75, 3.05) is 32.8 Å². The van der Waals surface area contributed by atoms with Crippen LogP contribution in [0.2, 0.25) is 0 Å². The molecule has 1 aromatic rings. The zero-order valence-electron chi connectivity index (χ0n) is 15.6. The molecule has 3 rings (SSSR count). The van der Waals surface area contributed by atoms with Crippen molar-refractivity contribution in [2.45, 2.75) is 58.0 Å². The molecule has 0 spiro atoms. The molecular formula is C18H28N4O4. The van der Waals surface area contributed by atoms with Crippen LogP contribution in [0, 0.1) is 0 Å². The molecule has 0 aromatic carbocycles. The molecule has 144 valence electrons. The lowest BCUT2D eigenvalue weighted by Gasteiger charge is -2.35. The van der Waals surface area contributed by atoms with Gasteiger partial charge in [-0.05, 0) is 19.3 Å². The average Bonchev–Trinajstić information content (AvgIpc) is 3.33. The van der Waals surface area contributed by atoms with E-state index in [2.05, 4.69) is 10.1 Å². The van der Waals surface area contributed by atoms with E-state index in [0.717, 1.165) is 12.8 Å². The molecule has 0 bridgehead atoms. The Balaban J connectivity index is 1.37. The van der Waals surface area contributed by atoms with E-state index >= 15 is 0 Å². The summed E-state index contributed by atoms with van der Waals surface area (Å²) in [5, 5.41) is 3.93. The molecule has 0 saturated carbocycles. The number of carbonyl (C=O) groups is 2. The number of rotatable bonds is 6. The standard InChI is InChI=1S/C18H28N4O4/c1-13(2)17-19-15(26-20-17)6-3-7-16(23)21-8-10-22(11-9-21)18(24)14-5-4-12-25-14/h13-14H,3-12H2,1-2H3. The molecule has 0 aliphatic carbocycles. The van der Waals surface area contributed by atoms with E-state index in [1.807, 2.05) is 23.6 Å². The number of nitrogens with zero attached hydrogens (tertiary/aromatic N) is 4. The Morgan fingerprint density at radius 3 is 2.54 bits per heavy atom. The lowest BCUT2D eigenvalue weighted by atomic mass is 10.1. The topological polar surface area (TPSA) is 88.8 Å². The molecule has 3 heterocycles. The maximum atomic E-state index is 12.4. The molecule has 2 amide bonds. The molecular weight excluding hydrogens is 336 g/mol. The van der Waals surface area contributed by atoms with Gasteiger partial charge in [0.15, 0.2) is 5.82 Å². The second kappa shape index (κ2) is 8.62. The molecule has 1 unspecified atom stereocenters. The highest BCUT2D eigenvalue weighted by molar-refractivity contribution is 5.82. The predicted octanol–water partition coefficient (Wildman–Crippen LogP) is 1.37. The summed E-state index contributed by atoms with van der Waals surface area (Å²) < 4.78 is 10.7. The second-order valence-corrected chi connectivity index (χ2v) is 7.26. The van der Waals surface area contributed by atoms with Crippen molar-refractivity contribution in [3.63, 3.8) is 0 Å². The van der Waals surface area contributed by atoms with Gasteiger partial charge in [-0.25, -0.2) is 0 Å². The number of piperazine rings is 1. The monoisotopic (exact) mass is 364 g/mol. The summed E-state index contributed by atoms with van der Waals surface area (Å²) in [6.45, 7) is 7.07. The van der Waals surface area contributed by atoms with E-state index in [0.29, 0.717) is 63.8 Å². The van der Waals surface area contributed by atoms with Crippen LogP contribution in [0.4, 0.5) is 0 Å². The van der Waals surface area contributed by atoms with Gasteiger partial charge in [0.25, 0.3) is 5.91 Å². The fourth-order valence-corrected chi connectivity index (χ4v) is 3.31. The highest BCUT2D eigenvalue weighted by atomic mass is 16.5. The summed E-state index contributed by atoms with van der Waals surface area (Å²) in [5.41, 5.74) is 0. The van der Waals surface area contributed by atoms with Gasteiger partial charge in [-0.15, -0.1) is 0 Å². The van der Waals surface area contributed by atoms with Crippen molar-refractivity contribution in [1.29, 1.82) is 0 Å². The maximum absolute atomic E-state index is 12.4. The minimum absolute atomic E-state index is 0.0759. The molecule has 0 radical (unpaired) electrons. The summed E-state index contributed by atoms with van der Waals surface area (Å²) >= 11 is 0. The van der Waals surface area contributed by atoms with Crippen LogP contribution < -0.4 is 0 Å². The molecule has 8 nitrogen and oxygen atoms in total. The smallest absolute Gasteiger partial charge is 0.251 e. The number of hydrogen-bond donors (Lipinski definition) is 0. The van der Waals surface area contributed by atoms with Crippen LogP contribution in [0.25, 0.3) is 0 Å². The van der Waals surface area contributed by atoms with Crippen LogP contribution in [-0.2, 0) is 20.7 Å². The summed E-state index contributed by atoms with van der Waals surface area (Å²) in [4.78, 5) is 32.7. The number of carbonyl (C=O) groups excluding carboxylic acids is 2. The highest BCUT2D eigenvalue weighted by Crippen LogP contribution is 2.16. The number of aryl methyl sites for hydroxylation is 1. The normalized spacial score (nSPS) is 20.8. The van der Waals surface area contributed by atoms with Crippen molar-refractivity contribution in [2.24, 2.45) is 0 Å². The lowest BCUT2D eigenvalue weighted by molar-refractivity contribution is -0.146. The van der Waals surface area contributed by atoms with E-state index in [9.17, 15) is 9.59 Å². The van der Waals surface area contributed by atoms with Gasteiger partial charge in [-0.3, -0.25) is 9.59 Å². The molecule has 2 aliphatic rings. The number of hydrogen-bond acceptors (Lipinski definition) is 6. The van der Waals surface area contributed by atoms with Gasteiger partial charge in [0.2, 0.25) is 11.8 Å². The second-order valence-electron chi connectivity index (χ2n) is 7.26. The van der Waals surface area contributed by atoms with Crippen LogP contribution in [0.15, 0.2) is 4.52 Å². The quantitative estimate of drug-likeness (QED) is 0.757. The molecule has 2 fully saturated rings. The van der Waals surface area contributed by atoms with Crippen molar-refractivity contribution < 1.29 is 18.8 Å². The van der Waals surface area contributed by atoms with Crippen molar-refractivity contribution >= 4 is 11.8 Å². The third-order valence-electron chi connectivity index (χ3n) is 4.93. The Bertz CT molecular complexity index is 616. The minimum Gasteiger partial charge on any atom is -0.368 e. The van der Waals surface area contributed by atoms with Crippen LogP contribution >= 0.6 is 0 Å². The minimum atomic E-state index is -0.276. The van der Waals surface area contributed by atoms with Gasteiger partial charge in [0.05, 0.1) is 0 Å². The van der Waals surface area contributed by atoms with Gasteiger partial charge in [-0.1, -0.05) is 19.0 Å². The molecule has 8 heteroatoms. The number of aromatic nitrogens is 2. The third kappa shape index (κ3) is 4.60. The van der Waals surface area contributed by atoms with E-state index in [-0.39, 0.29) is 23.8 Å². The van der Waals surface area contributed by atoms with Crippen LogP contribution in [-0.4, -0.2) is 70.6 Å². The molecule has 26 heavy (non-hydrogen) atoms. The van der Waals surface area contributed by atoms with Crippen LogP contribution in [0.1, 0.15) is 57.2 Å². The first-order valence-corrected chi connectivity index (χ1v) is 9.55. The van der Waals surface area contributed by atoms with E-state index < -0.39 is 0 Å². The zero-order valence-corrected chi connectivity index (χ0v) is 15.6. The van der Waals surface area contributed by atoms with Gasteiger partial charge >= 0.3 is 0 Å². The van der Waals surface area contributed by atoms with Gasteiger partial charge in [-0.2, -0.15) is 4.98 Å². The predicted molar refractivity (Wildman–Crippen MR) is 93.5 cm³/mol. The van der Waals surface area contributed by atoms with E-state index in [1.54, 1.807) is 0 Å². The first kappa shape index (κ1) is 18.8. The van der Waals surface area contributed by atoms with E-state index in [1.165, 1.54) is 0 Å². The van der Waals surface area contributed by atoms with Gasteiger partial charge in [0, 0.05) is 51.5 Å². The van der Waals surface area contributed by atoms with E-state index in [4.69, 9.17) is 9.26 Å². The maximum Gasteiger partial charge on any atom is 0.251 e. The number of amides is 2. The summed E-state index contributed by atoms with van der Waals surface area (Å²) in [6.07, 6.45) is 3.25. The fourth-order valence-electron chi connectivity index (χ4n) is 3.31. The summed E-state index contributed by atoms with van der Waals surface area (Å²) in [5.74, 6) is 1.74. The highest BCUT2D eigenvalue weighted by Gasteiger charge is 2.31.